The predicted molar refractivity (Wildman–Crippen MR) is 130 cm³/mol. The van der Waals surface area contributed by atoms with Gasteiger partial charge in [-0.05, 0) is 91.8 Å². The average Bonchev–Trinajstić information content (AvgIpc) is 3.37. The minimum absolute atomic E-state index is 0.0684. The lowest BCUT2D eigenvalue weighted by molar-refractivity contribution is -0.137. The predicted octanol–water partition coefficient (Wildman–Crippen LogP) is 5.45. The Labute approximate surface area is 199 Å². The first kappa shape index (κ1) is 23.1. The normalized spacial score (nSPS) is 42.2. The zero-order valence-electron chi connectivity index (χ0n) is 21.3. The molecule has 0 spiro atoms. The molecule has 0 radical (unpaired) electrons. The molecule has 0 N–H and O–H groups in total. The number of hydrogen-bond acceptors (Lipinski definition) is 3. The van der Waals surface area contributed by atoms with E-state index in [-0.39, 0.29) is 17.2 Å². The lowest BCUT2D eigenvalue weighted by Crippen LogP contribution is -2.53. The molecule has 7 unspecified atom stereocenters. The molecule has 4 saturated carbocycles. The smallest absolute Gasteiger partial charge is 0.256 e. The summed E-state index contributed by atoms with van der Waals surface area (Å²) in [7, 11) is 3.48. The Hall–Kier alpha value is -1.65. The summed E-state index contributed by atoms with van der Waals surface area (Å²) in [6.07, 6.45) is 15.1. The van der Waals surface area contributed by atoms with E-state index >= 15 is 0 Å². The number of rotatable bonds is 4. The van der Waals surface area contributed by atoms with Crippen LogP contribution < -0.4 is 0 Å². The molecule has 0 aliphatic heterocycles. The Morgan fingerprint density at radius 2 is 1.76 bits per heavy atom. The van der Waals surface area contributed by atoms with E-state index in [9.17, 15) is 9.59 Å². The summed E-state index contributed by atoms with van der Waals surface area (Å²) in [5.74, 6) is 4.58. The van der Waals surface area contributed by atoms with Gasteiger partial charge in [0.2, 0.25) is 0 Å². The molecular formula is C28H43N3O2. The van der Waals surface area contributed by atoms with Crippen LogP contribution in [-0.2, 0) is 11.3 Å². The zero-order valence-corrected chi connectivity index (χ0v) is 21.3. The van der Waals surface area contributed by atoms with Crippen molar-refractivity contribution in [1.82, 2.24) is 14.7 Å². The first-order valence-corrected chi connectivity index (χ1v) is 13.4. The second kappa shape index (κ2) is 8.23. The first-order valence-electron chi connectivity index (χ1n) is 13.4. The number of nitrogens with zero attached hydrogens (tertiary/aromatic N) is 3. The number of fused-ring (bicyclic) bond motifs is 5. The van der Waals surface area contributed by atoms with E-state index in [2.05, 4.69) is 25.9 Å². The summed E-state index contributed by atoms with van der Waals surface area (Å²) in [4.78, 5) is 27.3. The van der Waals surface area contributed by atoms with E-state index in [1.165, 1.54) is 51.4 Å². The molecule has 182 valence electrons. The van der Waals surface area contributed by atoms with Gasteiger partial charge in [-0.3, -0.25) is 14.3 Å². The van der Waals surface area contributed by atoms with Gasteiger partial charge in [-0.2, -0.15) is 5.10 Å². The molecule has 0 saturated heterocycles. The van der Waals surface area contributed by atoms with Crippen LogP contribution in [0.1, 0.15) is 88.9 Å². The number of aromatic nitrogens is 2. The zero-order chi connectivity index (χ0) is 23.5. The quantitative estimate of drug-likeness (QED) is 0.609. The third-order valence-corrected chi connectivity index (χ3v) is 10.9. The Kier molecular flexibility index (Phi) is 5.77. The monoisotopic (exact) mass is 453 g/mol. The maximum absolute atomic E-state index is 13.5. The van der Waals surface area contributed by atoms with E-state index < -0.39 is 0 Å². The summed E-state index contributed by atoms with van der Waals surface area (Å²) in [5.41, 5.74) is 1.22. The number of ketones is 1. The van der Waals surface area contributed by atoms with Crippen LogP contribution in [0.5, 0.6) is 0 Å². The number of carbonyl (C=O) groups excluding carboxylic acids is 2. The SMILES string of the molecule is CC1CCC2(C)C(CCC3C2CCC2(C)C3CC[C@@H]2C(=O)Cn2cc(C(=O)N(C)C)cn2)C1. The molecular weight excluding hydrogens is 410 g/mol. The summed E-state index contributed by atoms with van der Waals surface area (Å²) in [5, 5.41) is 4.33. The van der Waals surface area contributed by atoms with Crippen molar-refractivity contribution in [2.24, 2.45) is 46.3 Å². The van der Waals surface area contributed by atoms with E-state index in [1.807, 2.05) is 0 Å². The van der Waals surface area contributed by atoms with Crippen molar-refractivity contribution in [3.05, 3.63) is 18.0 Å². The largest absolute Gasteiger partial charge is 0.345 e. The molecule has 33 heavy (non-hydrogen) atoms. The van der Waals surface area contributed by atoms with Crippen LogP contribution in [0.4, 0.5) is 0 Å². The number of hydrogen-bond donors (Lipinski definition) is 0. The van der Waals surface area contributed by atoms with Crippen LogP contribution >= 0.6 is 0 Å². The lowest BCUT2D eigenvalue weighted by atomic mass is 9.44. The van der Waals surface area contributed by atoms with Crippen molar-refractivity contribution >= 4 is 11.7 Å². The maximum atomic E-state index is 13.5. The molecule has 4 aliphatic rings. The van der Waals surface area contributed by atoms with Crippen molar-refractivity contribution in [2.45, 2.75) is 85.1 Å². The van der Waals surface area contributed by atoms with Crippen molar-refractivity contribution in [1.29, 1.82) is 0 Å². The summed E-state index contributed by atoms with van der Waals surface area (Å²) in [6.45, 7) is 7.81. The Morgan fingerprint density at radius 3 is 2.52 bits per heavy atom. The van der Waals surface area contributed by atoms with Crippen LogP contribution in [0, 0.1) is 46.3 Å². The number of amides is 1. The van der Waals surface area contributed by atoms with Gasteiger partial charge in [0.25, 0.3) is 5.91 Å². The first-order chi connectivity index (χ1) is 15.6. The van der Waals surface area contributed by atoms with Gasteiger partial charge in [0, 0.05) is 26.2 Å². The van der Waals surface area contributed by atoms with Gasteiger partial charge < -0.3 is 4.90 Å². The highest BCUT2D eigenvalue weighted by Gasteiger charge is 2.60. The summed E-state index contributed by atoms with van der Waals surface area (Å²) in [6, 6.07) is 0. The number of carbonyl (C=O) groups is 2. The highest BCUT2D eigenvalue weighted by molar-refractivity contribution is 5.93. The Bertz CT molecular complexity index is 922. The van der Waals surface area contributed by atoms with E-state index in [0.29, 0.717) is 29.2 Å². The van der Waals surface area contributed by atoms with Gasteiger partial charge >= 0.3 is 0 Å². The van der Waals surface area contributed by atoms with Crippen LogP contribution in [0.2, 0.25) is 0 Å². The number of Topliss-reactive ketones (excluding diaryl/α,β-unsaturated/α-hetero) is 1. The summed E-state index contributed by atoms with van der Waals surface area (Å²) < 4.78 is 1.68. The van der Waals surface area contributed by atoms with Crippen LogP contribution in [0.15, 0.2) is 12.4 Å². The molecule has 1 amide bonds. The van der Waals surface area contributed by atoms with Crippen molar-refractivity contribution < 1.29 is 9.59 Å². The second-order valence-electron chi connectivity index (χ2n) is 12.8. The fourth-order valence-electron chi connectivity index (χ4n) is 9.09. The van der Waals surface area contributed by atoms with E-state index in [1.54, 1.807) is 36.1 Å². The Balaban J connectivity index is 1.30. The van der Waals surface area contributed by atoms with Gasteiger partial charge in [-0.15, -0.1) is 0 Å². The van der Waals surface area contributed by atoms with E-state index in [0.717, 1.165) is 30.1 Å². The lowest BCUT2D eigenvalue weighted by Gasteiger charge is -2.61. The molecule has 5 rings (SSSR count). The molecule has 4 fully saturated rings. The standard InChI is InChI=1S/C28H43N3O2/c1-18-10-12-27(2)20(14-18)6-7-21-22-8-9-24(28(22,3)13-11-23(21)27)25(32)17-31-16-19(15-29-31)26(33)30(4)5/h15-16,18,20-24H,6-14,17H2,1-5H3/t18?,20?,21?,22?,23?,24-,27?,28?/m1/s1. The molecule has 1 aromatic rings. The molecule has 0 aromatic carbocycles. The molecule has 5 nitrogen and oxygen atoms in total. The molecule has 4 aliphatic carbocycles. The average molecular weight is 454 g/mol. The fraction of sp³-hybridized carbons (Fsp3) is 0.821. The Morgan fingerprint density at radius 1 is 1.03 bits per heavy atom. The highest BCUT2D eigenvalue weighted by atomic mass is 16.2. The topological polar surface area (TPSA) is 55.2 Å². The fourth-order valence-corrected chi connectivity index (χ4v) is 9.09. The van der Waals surface area contributed by atoms with Gasteiger partial charge in [0.15, 0.2) is 5.78 Å². The third-order valence-electron chi connectivity index (χ3n) is 10.9. The summed E-state index contributed by atoms with van der Waals surface area (Å²) >= 11 is 0. The molecule has 1 aromatic heterocycles. The maximum Gasteiger partial charge on any atom is 0.256 e. The second-order valence-corrected chi connectivity index (χ2v) is 12.8. The van der Waals surface area contributed by atoms with Crippen molar-refractivity contribution in [3.8, 4) is 0 Å². The molecule has 5 heteroatoms. The molecule has 1 heterocycles. The highest BCUT2D eigenvalue weighted by Crippen LogP contribution is 2.67. The van der Waals surface area contributed by atoms with Gasteiger partial charge in [-0.25, -0.2) is 0 Å². The van der Waals surface area contributed by atoms with Crippen molar-refractivity contribution in [3.63, 3.8) is 0 Å². The molecule has 0 bridgehead atoms. The minimum Gasteiger partial charge on any atom is -0.345 e. The molecule has 8 atom stereocenters. The minimum atomic E-state index is -0.0684. The van der Waals surface area contributed by atoms with Gasteiger partial charge in [0.1, 0.15) is 0 Å². The van der Waals surface area contributed by atoms with E-state index in [4.69, 9.17) is 0 Å². The van der Waals surface area contributed by atoms with Crippen molar-refractivity contribution in [2.75, 3.05) is 14.1 Å². The third kappa shape index (κ3) is 3.69. The van der Waals surface area contributed by atoms with Crippen LogP contribution in [-0.4, -0.2) is 40.5 Å². The van der Waals surface area contributed by atoms with Crippen LogP contribution in [0.3, 0.4) is 0 Å². The van der Waals surface area contributed by atoms with Gasteiger partial charge in [0.05, 0.1) is 18.3 Å². The van der Waals surface area contributed by atoms with Gasteiger partial charge in [-0.1, -0.05) is 27.2 Å². The van der Waals surface area contributed by atoms with Crippen LogP contribution in [0.25, 0.3) is 0 Å².